The van der Waals surface area contributed by atoms with Crippen LogP contribution < -0.4 is 0 Å². The topological polar surface area (TPSA) is 107 Å². The lowest BCUT2D eigenvalue weighted by atomic mass is 10.3. The van der Waals surface area contributed by atoms with Crippen LogP contribution in [-0.4, -0.2) is 71.6 Å². The molecule has 0 aromatic carbocycles. The molecule has 0 N–H and O–H groups in total. The van der Waals surface area contributed by atoms with Crippen molar-refractivity contribution in [2.45, 2.75) is 18.4 Å². The summed E-state index contributed by atoms with van der Waals surface area (Å²) in [5.41, 5.74) is 0. The van der Waals surface area contributed by atoms with Crippen molar-refractivity contribution in [2.75, 3.05) is 25.6 Å². The zero-order valence-corrected chi connectivity index (χ0v) is 12.5. The van der Waals surface area contributed by atoms with Crippen molar-refractivity contribution < 1.29 is 43.2 Å². The van der Waals surface area contributed by atoms with Crippen molar-refractivity contribution >= 4 is 26.1 Å². The van der Waals surface area contributed by atoms with Crippen LogP contribution in [0.1, 0.15) is 0 Å². The smallest absolute Gasteiger partial charge is 0.329 e. The Bertz CT molecular complexity index is 570. The predicted octanol–water partition coefficient (Wildman–Crippen LogP) is -0.919. The van der Waals surface area contributed by atoms with Gasteiger partial charge < -0.3 is 4.90 Å². The Labute approximate surface area is 119 Å². The first-order valence-corrected chi connectivity index (χ1v) is 8.95. The Balaban J connectivity index is 2.96. The standard InChI is InChI=1S/C8H12F3NO7S2/c1-20(14,15)18-5-3-12(7(13)8(9,10)11)4-6(5)19-21(2,16)17/h5-6H,3-4H2,1-2H3/t5-,6+. The van der Waals surface area contributed by atoms with Gasteiger partial charge in [0, 0.05) is 0 Å². The number of rotatable bonds is 4. The van der Waals surface area contributed by atoms with E-state index in [1.54, 1.807) is 0 Å². The minimum absolute atomic E-state index is 0.228. The Kier molecular flexibility index (Phi) is 4.92. The number of likely N-dealkylation sites (tertiary alicyclic amines) is 1. The van der Waals surface area contributed by atoms with E-state index in [-0.39, 0.29) is 4.90 Å². The minimum Gasteiger partial charge on any atom is -0.329 e. The summed E-state index contributed by atoms with van der Waals surface area (Å²) in [6.45, 7) is -1.52. The van der Waals surface area contributed by atoms with Gasteiger partial charge in [0.2, 0.25) is 0 Å². The highest BCUT2D eigenvalue weighted by Crippen LogP contribution is 2.25. The van der Waals surface area contributed by atoms with Gasteiger partial charge in [-0.25, -0.2) is 0 Å². The molecule has 0 radical (unpaired) electrons. The number of hydrogen-bond acceptors (Lipinski definition) is 7. The first-order valence-electron chi connectivity index (χ1n) is 5.31. The third kappa shape index (κ3) is 5.76. The summed E-state index contributed by atoms with van der Waals surface area (Å²) in [4.78, 5) is 11.3. The van der Waals surface area contributed by atoms with E-state index in [1.165, 1.54) is 0 Å². The second kappa shape index (κ2) is 5.70. The second-order valence-electron chi connectivity index (χ2n) is 4.39. The summed E-state index contributed by atoms with van der Waals surface area (Å²) in [5, 5.41) is 0. The van der Waals surface area contributed by atoms with Gasteiger partial charge in [-0.3, -0.25) is 13.2 Å². The van der Waals surface area contributed by atoms with E-state index >= 15 is 0 Å². The molecule has 124 valence electrons. The average Bonchev–Trinajstić information content (AvgIpc) is 2.53. The minimum atomic E-state index is -5.17. The van der Waals surface area contributed by atoms with Crippen LogP contribution in [0.4, 0.5) is 13.2 Å². The van der Waals surface area contributed by atoms with Gasteiger partial charge in [-0.15, -0.1) is 0 Å². The van der Waals surface area contributed by atoms with Crippen LogP contribution in [0, 0.1) is 0 Å². The normalized spacial score (nSPS) is 24.3. The van der Waals surface area contributed by atoms with Crippen LogP contribution in [0.3, 0.4) is 0 Å². The molecule has 1 amide bonds. The number of nitrogens with zero attached hydrogens (tertiary/aromatic N) is 1. The Hall–Kier alpha value is -0.920. The monoisotopic (exact) mass is 355 g/mol. The average molecular weight is 355 g/mol. The fourth-order valence-electron chi connectivity index (χ4n) is 1.72. The van der Waals surface area contributed by atoms with Crippen molar-refractivity contribution in [3.05, 3.63) is 0 Å². The number of halogens is 3. The summed E-state index contributed by atoms with van der Waals surface area (Å²) in [6.07, 6.45) is -6.98. The number of amides is 1. The molecule has 0 saturated carbocycles. The molecule has 0 spiro atoms. The molecule has 13 heteroatoms. The Morgan fingerprint density at radius 2 is 1.33 bits per heavy atom. The molecule has 1 rings (SSSR count). The highest BCUT2D eigenvalue weighted by molar-refractivity contribution is 7.86. The highest BCUT2D eigenvalue weighted by Gasteiger charge is 2.49. The summed E-state index contributed by atoms with van der Waals surface area (Å²) in [7, 11) is -8.15. The van der Waals surface area contributed by atoms with Crippen LogP contribution in [0.5, 0.6) is 0 Å². The fraction of sp³-hybridized carbons (Fsp3) is 0.875. The highest BCUT2D eigenvalue weighted by atomic mass is 32.2. The number of alkyl halides is 3. The maximum Gasteiger partial charge on any atom is 0.471 e. The SMILES string of the molecule is CS(=O)(=O)O[C@H]1CN(C(=O)C(F)(F)F)C[C@H]1OS(C)(=O)=O. The van der Waals surface area contributed by atoms with E-state index in [9.17, 15) is 34.8 Å². The lowest BCUT2D eigenvalue weighted by molar-refractivity contribution is -0.184. The zero-order valence-electron chi connectivity index (χ0n) is 10.8. The van der Waals surface area contributed by atoms with Crippen molar-refractivity contribution in [1.29, 1.82) is 0 Å². The largest absolute Gasteiger partial charge is 0.471 e. The fourth-order valence-corrected chi connectivity index (χ4v) is 2.99. The van der Waals surface area contributed by atoms with Crippen LogP contribution in [-0.2, 0) is 33.4 Å². The van der Waals surface area contributed by atoms with Crippen LogP contribution in [0.25, 0.3) is 0 Å². The molecule has 21 heavy (non-hydrogen) atoms. The molecule has 2 atom stereocenters. The zero-order chi connectivity index (χ0) is 16.6. The van der Waals surface area contributed by atoms with E-state index in [2.05, 4.69) is 8.37 Å². The molecule has 1 aliphatic heterocycles. The van der Waals surface area contributed by atoms with Crippen LogP contribution in [0.15, 0.2) is 0 Å². The van der Waals surface area contributed by atoms with Gasteiger partial charge in [-0.05, 0) is 0 Å². The van der Waals surface area contributed by atoms with Crippen LogP contribution in [0.2, 0.25) is 0 Å². The van der Waals surface area contributed by atoms with E-state index < -0.39 is 57.6 Å². The van der Waals surface area contributed by atoms with E-state index in [0.717, 1.165) is 0 Å². The Morgan fingerprint density at radius 3 is 1.57 bits per heavy atom. The number of carbonyl (C=O) groups excluding carboxylic acids is 1. The van der Waals surface area contributed by atoms with Gasteiger partial charge >= 0.3 is 12.1 Å². The molecular weight excluding hydrogens is 343 g/mol. The van der Waals surface area contributed by atoms with Gasteiger partial charge in [0.25, 0.3) is 20.2 Å². The van der Waals surface area contributed by atoms with E-state index in [0.29, 0.717) is 12.5 Å². The third-order valence-corrected chi connectivity index (χ3v) is 3.54. The molecule has 0 aromatic heterocycles. The quantitative estimate of drug-likeness (QED) is 0.600. The lowest BCUT2D eigenvalue weighted by Gasteiger charge is -2.17. The summed E-state index contributed by atoms with van der Waals surface area (Å²) in [5.74, 6) is -2.23. The molecule has 0 unspecified atom stereocenters. The maximum absolute atomic E-state index is 12.3. The summed E-state index contributed by atoms with van der Waals surface area (Å²) >= 11 is 0. The first-order chi connectivity index (χ1) is 9.19. The predicted molar refractivity (Wildman–Crippen MR) is 62.1 cm³/mol. The molecule has 1 saturated heterocycles. The molecule has 1 aliphatic rings. The first kappa shape index (κ1) is 18.1. The van der Waals surface area contributed by atoms with Gasteiger partial charge in [0.05, 0.1) is 25.6 Å². The molecule has 1 fully saturated rings. The van der Waals surface area contributed by atoms with Gasteiger partial charge in [0.1, 0.15) is 12.2 Å². The van der Waals surface area contributed by atoms with Gasteiger partial charge in [0.15, 0.2) is 0 Å². The molecule has 1 heterocycles. The second-order valence-corrected chi connectivity index (χ2v) is 7.59. The molecule has 0 aliphatic carbocycles. The number of hydrogen-bond donors (Lipinski definition) is 0. The molecule has 0 bridgehead atoms. The molecule has 0 aromatic rings. The summed E-state index contributed by atoms with van der Waals surface area (Å²) in [6, 6.07) is 0. The van der Waals surface area contributed by atoms with Crippen molar-refractivity contribution in [3.8, 4) is 0 Å². The third-order valence-electron chi connectivity index (χ3n) is 2.34. The van der Waals surface area contributed by atoms with Crippen LogP contribution >= 0.6 is 0 Å². The Morgan fingerprint density at radius 1 is 1.00 bits per heavy atom. The van der Waals surface area contributed by atoms with Gasteiger partial charge in [-0.2, -0.15) is 30.0 Å². The number of carbonyl (C=O) groups is 1. The summed E-state index contributed by atoms with van der Waals surface area (Å²) < 4.78 is 90.0. The maximum atomic E-state index is 12.3. The van der Waals surface area contributed by atoms with Crippen molar-refractivity contribution in [1.82, 2.24) is 4.90 Å². The lowest BCUT2D eigenvalue weighted by Crippen LogP contribution is -2.40. The van der Waals surface area contributed by atoms with Gasteiger partial charge in [-0.1, -0.05) is 0 Å². The van der Waals surface area contributed by atoms with E-state index in [1.807, 2.05) is 0 Å². The van der Waals surface area contributed by atoms with Crippen molar-refractivity contribution in [3.63, 3.8) is 0 Å². The van der Waals surface area contributed by atoms with E-state index in [4.69, 9.17) is 0 Å². The van der Waals surface area contributed by atoms with Crippen molar-refractivity contribution in [2.24, 2.45) is 0 Å². The molecule has 8 nitrogen and oxygen atoms in total. The molecular formula is C8H12F3NO7S2.